The van der Waals surface area contributed by atoms with Crippen molar-refractivity contribution in [1.29, 1.82) is 0 Å². The maximum atomic E-state index is 11.9. The molecule has 0 radical (unpaired) electrons. The minimum absolute atomic E-state index is 0.0207. The van der Waals surface area contributed by atoms with Crippen molar-refractivity contribution >= 4 is 17.7 Å². The summed E-state index contributed by atoms with van der Waals surface area (Å²) in [6.45, 7) is 5.59. The Morgan fingerprint density at radius 1 is 1.17 bits per heavy atom. The van der Waals surface area contributed by atoms with Gasteiger partial charge in [0.25, 0.3) is 0 Å². The van der Waals surface area contributed by atoms with Gasteiger partial charge in [-0.1, -0.05) is 55.1 Å². The van der Waals surface area contributed by atoms with Crippen LogP contribution in [0.15, 0.2) is 71.9 Å². The number of carbonyl (C=O) groups is 1. The molecule has 0 bridgehead atoms. The molecule has 3 heteroatoms. The van der Waals surface area contributed by atoms with Crippen LogP contribution in [0.1, 0.15) is 18.1 Å². The van der Waals surface area contributed by atoms with E-state index in [-0.39, 0.29) is 11.7 Å². The second-order valence-corrected chi connectivity index (χ2v) is 6.00. The summed E-state index contributed by atoms with van der Waals surface area (Å²) >= 11 is 0. The maximum absolute atomic E-state index is 11.9. The fourth-order valence-electron chi connectivity index (χ4n) is 2.74. The standard InChI is InChI=1S/C21H20N2O/c1-3-15-6-4-8-17(10-15)18-9-5-7-16(11-18)12-19-13-20(24)14(2)21(22)23-19/h3-11,13-14H,1,12H2,2H3,(H2,22,23). The molecule has 0 fully saturated rings. The van der Waals surface area contributed by atoms with Gasteiger partial charge >= 0.3 is 0 Å². The van der Waals surface area contributed by atoms with Gasteiger partial charge in [0.15, 0.2) is 5.78 Å². The molecule has 0 aromatic heterocycles. The molecule has 0 aliphatic carbocycles. The smallest absolute Gasteiger partial charge is 0.167 e. The van der Waals surface area contributed by atoms with E-state index in [1.165, 1.54) is 0 Å². The van der Waals surface area contributed by atoms with E-state index in [0.29, 0.717) is 18.0 Å². The van der Waals surface area contributed by atoms with Crippen LogP contribution < -0.4 is 5.73 Å². The lowest BCUT2D eigenvalue weighted by molar-refractivity contribution is -0.116. The van der Waals surface area contributed by atoms with E-state index < -0.39 is 0 Å². The third kappa shape index (κ3) is 3.35. The van der Waals surface area contributed by atoms with E-state index >= 15 is 0 Å². The van der Waals surface area contributed by atoms with Gasteiger partial charge in [-0.25, -0.2) is 4.99 Å². The molecular formula is C21H20N2O. The molecule has 2 aromatic carbocycles. The van der Waals surface area contributed by atoms with Crippen LogP contribution >= 0.6 is 0 Å². The summed E-state index contributed by atoms with van der Waals surface area (Å²) in [5.74, 6) is 0.0985. The predicted octanol–water partition coefficient (Wildman–Crippen LogP) is 4.00. The lowest BCUT2D eigenvalue weighted by Gasteiger charge is -2.15. The van der Waals surface area contributed by atoms with Crippen molar-refractivity contribution in [3.05, 3.63) is 78.0 Å². The van der Waals surface area contributed by atoms with Gasteiger partial charge in [0.05, 0.1) is 11.6 Å². The van der Waals surface area contributed by atoms with Gasteiger partial charge in [-0.15, -0.1) is 0 Å². The van der Waals surface area contributed by atoms with Crippen molar-refractivity contribution in [2.75, 3.05) is 0 Å². The van der Waals surface area contributed by atoms with E-state index in [9.17, 15) is 4.79 Å². The first-order valence-electron chi connectivity index (χ1n) is 7.97. The minimum atomic E-state index is -0.318. The highest BCUT2D eigenvalue weighted by Crippen LogP contribution is 2.24. The van der Waals surface area contributed by atoms with Gasteiger partial charge < -0.3 is 5.73 Å². The molecule has 0 amide bonds. The molecule has 1 aliphatic heterocycles. The van der Waals surface area contributed by atoms with Crippen molar-refractivity contribution in [2.45, 2.75) is 13.3 Å². The second-order valence-electron chi connectivity index (χ2n) is 6.00. The Morgan fingerprint density at radius 3 is 2.58 bits per heavy atom. The number of hydrogen-bond donors (Lipinski definition) is 1. The first-order chi connectivity index (χ1) is 11.6. The number of rotatable bonds is 4. The van der Waals surface area contributed by atoms with Gasteiger partial charge in [-0.2, -0.15) is 0 Å². The quantitative estimate of drug-likeness (QED) is 0.927. The van der Waals surface area contributed by atoms with E-state index in [4.69, 9.17) is 5.73 Å². The Bertz CT molecular complexity index is 862. The summed E-state index contributed by atoms with van der Waals surface area (Å²) in [6, 6.07) is 16.5. The maximum Gasteiger partial charge on any atom is 0.167 e. The van der Waals surface area contributed by atoms with Crippen LogP contribution in [0.3, 0.4) is 0 Å². The Morgan fingerprint density at radius 2 is 1.88 bits per heavy atom. The lowest BCUT2D eigenvalue weighted by Crippen LogP contribution is -2.30. The van der Waals surface area contributed by atoms with Crippen LogP contribution in [-0.2, 0) is 11.2 Å². The van der Waals surface area contributed by atoms with Crippen LogP contribution in [0.25, 0.3) is 17.2 Å². The molecule has 24 heavy (non-hydrogen) atoms. The van der Waals surface area contributed by atoms with Gasteiger partial charge in [0.1, 0.15) is 5.84 Å². The number of ketones is 1. The first-order valence-corrected chi connectivity index (χ1v) is 7.97. The van der Waals surface area contributed by atoms with Crippen LogP contribution in [0.2, 0.25) is 0 Å². The molecule has 0 saturated heterocycles. The fourth-order valence-corrected chi connectivity index (χ4v) is 2.74. The Balaban J connectivity index is 1.87. The summed E-state index contributed by atoms with van der Waals surface area (Å²) in [7, 11) is 0. The summed E-state index contributed by atoms with van der Waals surface area (Å²) in [5, 5.41) is 0. The van der Waals surface area contributed by atoms with Gasteiger partial charge in [-0.3, -0.25) is 4.79 Å². The van der Waals surface area contributed by atoms with Crippen LogP contribution in [0.4, 0.5) is 0 Å². The lowest BCUT2D eigenvalue weighted by atomic mass is 9.97. The number of allylic oxidation sites excluding steroid dienone is 2. The number of nitrogens with zero attached hydrogens (tertiary/aromatic N) is 1. The average molecular weight is 316 g/mol. The average Bonchev–Trinajstić information content (AvgIpc) is 2.60. The molecular weight excluding hydrogens is 296 g/mol. The van der Waals surface area contributed by atoms with Gasteiger partial charge in [0.2, 0.25) is 0 Å². The molecule has 1 aliphatic rings. The largest absolute Gasteiger partial charge is 0.387 e. The Kier molecular flexibility index (Phi) is 4.43. The van der Waals surface area contributed by atoms with Crippen molar-refractivity contribution in [2.24, 2.45) is 16.6 Å². The van der Waals surface area contributed by atoms with Crippen molar-refractivity contribution < 1.29 is 4.79 Å². The van der Waals surface area contributed by atoms with E-state index in [0.717, 1.165) is 22.3 Å². The number of hydrogen-bond acceptors (Lipinski definition) is 3. The third-order valence-electron chi connectivity index (χ3n) is 4.22. The number of amidine groups is 1. The molecule has 120 valence electrons. The number of benzene rings is 2. The van der Waals surface area contributed by atoms with Gasteiger partial charge in [-0.05, 0) is 35.2 Å². The normalized spacial score (nSPS) is 17.2. The molecule has 1 atom stereocenters. The summed E-state index contributed by atoms with van der Waals surface area (Å²) in [6.07, 6.45) is 4.03. The molecule has 3 nitrogen and oxygen atoms in total. The van der Waals surface area contributed by atoms with Gasteiger partial charge in [0, 0.05) is 12.5 Å². The monoisotopic (exact) mass is 316 g/mol. The van der Waals surface area contributed by atoms with E-state index in [1.807, 2.05) is 30.3 Å². The summed E-state index contributed by atoms with van der Waals surface area (Å²) in [4.78, 5) is 16.3. The van der Waals surface area contributed by atoms with Crippen molar-refractivity contribution in [1.82, 2.24) is 0 Å². The number of aliphatic imine (C=N–C) groups is 1. The minimum Gasteiger partial charge on any atom is -0.387 e. The van der Waals surface area contributed by atoms with Crippen molar-refractivity contribution in [3.8, 4) is 11.1 Å². The zero-order valence-electron chi connectivity index (χ0n) is 13.7. The third-order valence-corrected chi connectivity index (χ3v) is 4.22. The fraction of sp³-hybridized carbons (Fsp3) is 0.143. The van der Waals surface area contributed by atoms with E-state index in [1.54, 1.807) is 13.0 Å². The summed E-state index contributed by atoms with van der Waals surface area (Å²) < 4.78 is 0. The molecule has 2 aromatic rings. The van der Waals surface area contributed by atoms with Crippen LogP contribution in [0.5, 0.6) is 0 Å². The van der Waals surface area contributed by atoms with Crippen LogP contribution in [0, 0.1) is 5.92 Å². The number of nitrogens with two attached hydrogens (primary N) is 1. The Labute approximate surface area is 142 Å². The Hall–Kier alpha value is -2.94. The second kappa shape index (κ2) is 6.67. The van der Waals surface area contributed by atoms with Crippen LogP contribution in [-0.4, -0.2) is 11.6 Å². The summed E-state index contributed by atoms with van der Waals surface area (Å²) in [5.41, 5.74) is 11.0. The zero-order valence-corrected chi connectivity index (χ0v) is 13.7. The molecule has 1 heterocycles. The molecule has 0 saturated carbocycles. The highest BCUT2D eigenvalue weighted by atomic mass is 16.1. The number of carbonyl (C=O) groups excluding carboxylic acids is 1. The highest BCUT2D eigenvalue weighted by molar-refractivity contribution is 6.10. The van der Waals surface area contributed by atoms with E-state index in [2.05, 4.69) is 35.8 Å². The topological polar surface area (TPSA) is 55.5 Å². The predicted molar refractivity (Wildman–Crippen MR) is 99.5 cm³/mol. The highest BCUT2D eigenvalue weighted by Gasteiger charge is 2.20. The molecule has 0 spiro atoms. The molecule has 1 unspecified atom stereocenters. The zero-order chi connectivity index (χ0) is 17.1. The SMILES string of the molecule is C=Cc1cccc(-c2cccc(CC3=CC(=O)C(C)C(N)=N3)c2)c1. The van der Waals surface area contributed by atoms with Crippen molar-refractivity contribution in [3.63, 3.8) is 0 Å². The first kappa shape index (κ1) is 15.9. The molecule has 2 N–H and O–H groups in total. The molecule has 3 rings (SSSR count).